The van der Waals surface area contributed by atoms with Gasteiger partial charge in [0.2, 0.25) is 0 Å². The second-order valence-corrected chi connectivity index (χ2v) is 0.910. The molecule has 0 saturated heterocycles. The molecule has 0 spiro atoms. The lowest BCUT2D eigenvalue weighted by Crippen LogP contribution is -2.34. The summed E-state index contributed by atoms with van der Waals surface area (Å²) in [6.07, 6.45) is -0.509. The first-order valence-corrected chi connectivity index (χ1v) is 1.62. The van der Waals surface area contributed by atoms with Crippen LogP contribution in [0.15, 0.2) is 0 Å². The number of hydrogen-bond acceptors (Lipinski definition) is 4. The normalized spacial score (nSPS) is 14.5. The Bertz CT molecular complexity index is 28.0. The van der Waals surface area contributed by atoms with Crippen molar-refractivity contribution in [2.24, 2.45) is 17.4 Å². The lowest BCUT2D eigenvalue weighted by Gasteiger charge is -2.00. The molecule has 4 nitrogen and oxygen atoms in total. The molecule has 0 fully saturated rings. The first-order chi connectivity index (χ1) is 2.81. The number of rotatable bonds is 2. The summed E-state index contributed by atoms with van der Waals surface area (Å²) in [5.41, 5.74) is 9.95. The Balaban J connectivity index is 2.75. The van der Waals surface area contributed by atoms with Crippen LogP contribution in [-0.4, -0.2) is 12.8 Å². The van der Waals surface area contributed by atoms with Gasteiger partial charge in [0, 0.05) is 6.54 Å². The third-order valence-electron chi connectivity index (χ3n) is 0.407. The van der Waals surface area contributed by atoms with Crippen molar-refractivity contribution in [3.05, 3.63) is 0 Å². The van der Waals surface area contributed by atoms with Gasteiger partial charge in [0.15, 0.2) is 0 Å². The maximum atomic E-state index is 5.00. The maximum Gasteiger partial charge on any atom is 0.139 e. The van der Waals surface area contributed by atoms with E-state index in [0.29, 0.717) is 0 Å². The van der Waals surface area contributed by atoms with Crippen LogP contribution in [0.2, 0.25) is 0 Å². The van der Waals surface area contributed by atoms with E-state index < -0.39 is 6.23 Å². The Morgan fingerprint density at radius 2 is 2.17 bits per heavy atom. The van der Waals surface area contributed by atoms with Gasteiger partial charge in [0.05, 0.1) is 0 Å². The molecule has 38 valence electrons. The molecule has 0 saturated carbocycles. The third kappa shape index (κ3) is 2.10. The molecule has 0 rings (SSSR count). The Labute approximate surface area is 36.2 Å². The van der Waals surface area contributed by atoms with Crippen molar-refractivity contribution in [1.29, 1.82) is 0 Å². The van der Waals surface area contributed by atoms with Crippen molar-refractivity contribution >= 4 is 0 Å². The van der Waals surface area contributed by atoms with E-state index in [1.54, 1.807) is 0 Å². The Morgan fingerprint density at radius 3 is 2.17 bits per heavy atom. The van der Waals surface area contributed by atoms with Crippen molar-refractivity contribution in [3.63, 3.8) is 0 Å². The standard InChI is InChI=1S/C2H9N3O/c3-1-2(4)6-5/h2H,1,3-5H2. The Hall–Kier alpha value is -0.160. The van der Waals surface area contributed by atoms with Crippen LogP contribution >= 0.6 is 0 Å². The summed E-state index contributed by atoms with van der Waals surface area (Å²) >= 11 is 0. The zero-order chi connectivity index (χ0) is 4.99. The molecule has 1 unspecified atom stereocenters. The molecule has 0 heterocycles. The molecular weight excluding hydrogens is 82.0 g/mol. The molecule has 0 amide bonds. The molecule has 0 aliphatic rings. The predicted octanol–water partition coefficient (Wildman–Crippen LogP) is -1.88. The zero-order valence-electron chi connectivity index (χ0n) is 3.42. The molecule has 0 bridgehead atoms. The fraction of sp³-hybridized carbons (Fsp3) is 1.00. The van der Waals surface area contributed by atoms with Crippen LogP contribution in [0, 0.1) is 0 Å². The fourth-order valence-corrected chi connectivity index (χ4v) is 0.0556. The van der Waals surface area contributed by atoms with Crippen molar-refractivity contribution in [1.82, 2.24) is 0 Å². The fourth-order valence-electron chi connectivity index (χ4n) is 0.0556. The van der Waals surface area contributed by atoms with Crippen molar-refractivity contribution in [2.75, 3.05) is 6.54 Å². The van der Waals surface area contributed by atoms with E-state index in [4.69, 9.17) is 11.5 Å². The molecule has 0 aliphatic heterocycles. The molecule has 0 aromatic carbocycles. The smallest absolute Gasteiger partial charge is 0.139 e. The highest BCUT2D eigenvalue weighted by atomic mass is 16.6. The summed E-state index contributed by atoms with van der Waals surface area (Å²) in [5.74, 6) is 4.58. The highest BCUT2D eigenvalue weighted by molar-refractivity contribution is 4.40. The van der Waals surface area contributed by atoms with Crippen molar-refractivity contribution < 1.29 is 4.84 Å². The third-order valence-corrected chi connectivity index (χ3v) is 0.407. The summed E-state index contributed by atoms with van der Waals surface area (Å²) in [5, 5.41) is 0. The van der Waals surface area contributed by atoms with E-state index in [1.165, 1.54) is 0 Å². The van der Waals surface area contributed by atoms with Gasteiger partial charge in [-0.25, -0.2) is 5.90 Å². The summed E-state index contributed by atoms with van der Waals surface area (Å²) < 4.78 is 0. The molecule has 1 atom stereocenters. The first kappa shape index (κ1) is 5.84. The summed E-state index contributed by atoms with van der Waals surface area (Å²) in [7, 11) is 0. The van der Waals surface area contributed by atoms with Crippen LogP contribution in [0.3, 0.4) is 0 Å². The second kappa shape index (κ2) is 3.05. The molecule has 6 heavy (non-hydrogen) atoms. The summed E-state index contributed by atoms with van der Waals surface area (Å²) in [6, 6.07) is 0. The van der Waals surface area contributed by atoms with Gasteiger partial charge in [-0.3, -0.25) is 4.84 Å². The van der Waals surface area contributed by atoms with E-state index in [2.05, 4.69) is 10.7 Å². The van der Waals surface area contributed by atoms with Crippen LogP contribution < -0.4 is 17.4 Å². The summed E-state index contributed by atoms with van der Waals surface area (Å²) in [6.45, 7) is 0.260. The van der Waals surface area contributed by atoms with Gasteiger partial charge in [-0.15, -0.1) is 0 Å². The first-order valence-electron chi connectivity index (χ1n) is 1.62. The van der Waals surface area contributed by atoms with Gasteiger partial charge in [0.25, 0.3) is 0 Å². The van der Waals surface area contributed by atoms with Crippen LogP contribution in [0.25, 0.3) is 0 Å². The molecule has 0 aromatic heterocycles. The average Bonchev–Trinajstić information content (AvgIpc) is 1.65. The molecule has 0 radical (unpaired) electrons. The van der Waals surface area contributed by atoms with Gasteiger partial charge < -0.3 is 11.5 Å². The van der Waals surface area contributed by atoms with Gasteiger partial charge >= 0.3 is 0 Å². The largest absolute Gasteiger partial charge is 0.327 e. The van der Waals surface area contributed by atoms with Gasteiger partial charge in [-0.05, 0) is 0 Å². The van der Waals surface area contributed by atoms with E-state index >= 15 is 0 Å². The Morgan fingerprint density at radius 1 is 1.67 bits per heavy atom. The number of nitrogens with two attached hydrogens (primary N) is 3. The van der Waals surface area contributed by atoms with Crippen LogP contribution in [-0.2, 0) is 4.84 Å². The van der Waals surface area contributed by atoms with Gasteiger partial charge in [-0.2, -0.15) is 0 Å². The molecule has 0 aliphatic carbocycles. The van der Waals surface area contributed by atoms with Crippen molar-refractivity contribution in [3.8, 4) is 0 Å². The average molecular weight is 91.1 g/mol. The topological polar surface area (TPSA) is 87.3 Å². The zero-order valence-corrected chi connectivity index (χ0v) is 3.42. The second-order valence-electron chi connectivity index (χ2n) is 0.910. The van der Waals surface area contributed by atoms with E-state index in [0.717, 1.165) is 0 Å². The minimum atomic E-state index is -0.509. The molecule has 6 N–H and O–H groups in total. The quantitative estimate of drug-likeness (QED) is 0.274. The van der Waals surface area contributed by atoms with E-state index in [-0.39, 0.29) is 6.54 Å². The monoisotopic (exact) mass is 91.1 g/mol. The van der Waals surface area contributed by atoms with Gasteiger partial charge in [0.1, 0.15) is 6.23 Å². The number of hydrogen-bond donors (Lipinski definition) is 3. The maximum absolute atomic E-state index is 5.00. The van der Waals surface area contributed by atoms with Crippen LogP contribution in [0.1, 0.15) is 0 Å². The van der Waals surface area contributed by atoms with Crippen molar-refractivity contribution in [2.45, 2.75) is 6.23 Å². The highest BCUT2D eigenvalue weighted by Crippen LogP contribution is 1.63. The molecular formula is C2H9N3O. The predicted molar refractivity (Wildman–Crippen MR) is 22.3 cm³/mol. The SMILES string of the molecule is NCC(N)ON. The van der Waals surface area contributed by atoms with Gasteiger partial charge in [-0.1, -0.05) is 0 Å². The van der Waals surface area contributed by atoms with Crippen LogP contribution in [0.4, 0.5) is 0 Å². The molecule has 0 aromatic rings. The minimum Gasteiger partial charge on any atom is -0.327 e. The Kier molecular flexibility index (Phi) is 2.97. The van der Waals surface area contributed by atoms with Crippen LogP contribution in [0.5, 0.6) is 0 Å². The van der Waals surface area contributed by atoms with E-state index in [1.807, 2.05) is 0 Å². The highest BCUT2D eigenvalue weighted by Gasteiger charge is 1.89. The lowest BCUT2D eigenvalue weighted by molar-refractivity contribution is 0.0643. The lowest BCUT2D eigenvalue weighted by atomic mass is 10.6. The minimum absolute atomic E-state index is 0.260. The summed E-state index contributed by atoms with van der Waals surface area (Å²) in [4.78, 5) is 4.05. The molecule has 4 heteroatoms. The van der Waals surface area contributed by atoms with E-state index in [9.17, 15) is 0 Å².